The van der Waals surface area contributed by atoms with Crippen LogP contribution in [0.25, 0.3) is 0 Å². The molecule has 2 heterocycles. The normalized spacial score (nSPS) is 22.4. The fourth-order valence-corrected chi connectivity index (χ4v) is 4.54. The first-order valence-electron chi connectivity index (χ1n) is 12.0. The van der Waals surface area contributed by atoms with Crippen LogP contribution in [0.2, 0.25) is 0 Å². The number of rotatable bonds is 8. The lowest BCUT2D eigenvalue weighted by Gasteiger charge is -2.40. The fraction of sp³-hybridized carbons (Fsp3) is 0.720. The highest BCUT2D eigenvalue weighted by atomic mass is 127. The first kappa shape index (κ1) is 28.1. The van der Waals surface area contributed by atoms with Crippen LogP contribution in [-0.4, -0.2) is 76.6 Å². The van der Waals surface area contributed by atoms with Crippen molar-refractivity contribution in [2.24, 2.45) is 16.3 Å². The Morgan fingerprint density at radius 2 is 1.91 bits per heavy atom. The molecule has 0 saturated carbocycles. The molecule has 2 aliphatic heterocycles. The third-order valence-electron chi connectivity index (χ3n) is 6.24. The number of hydrogen-bond donors (Lipinski definition) is 2. The van der Waals surface area contributed by atoms with E-state index in [0.717, 1.165) is 69.7 Å². The topological polar surface area (TPSA) is 67.4 Å². The Balaban J connectivity index is 0.00000385. The van der Waals surface area contributed by atoms with E-state index in [4.69, 9.17) is 14.2 Å². The molecule has 2 aliphatic rings. The molecule has 2 atom stereocenters. The van der Waals surface area contributed by atoms with Gasteiger partial charge in [-0.25, -0.2) is 0 Å². The monoisotopic (exact) mass is 574 g/mol. The van der Waals surface area contributed by atoms with E-state index in [1.165, 1.54) is 6.42 Å². The van der Waals surface area contributed by atoms with Gasteiger partial charge in [-0.15, -0.1) is 24.0 Å². The van der Waals surface area contributed by atoms with Crippen LogP contribution < -0.4 is 15.4 Å². The Kier molecular flexibility index (Phi) is 12.2. The van der Waals surface area contributed by atoms with Gasteiger partial charge in [0.05, 0.1) is 19.3 Å². The number of benzene rings is 1. The van der Waals surface area contributed by atoms with Crippen LogP contribution in [0.4, 0.5) is 0 Å². The zero-order chi connectivity index (χ0) is 22.8. The van der Waals surface area contributed by atoms with E-state index in [9.17, 15) is 0 Å². The molecule has 0 amide bonds. The van der Waals surface area contributed by atoms with Gasteiger partial charge in [-0.2, -0.15) is 0 Å². The highest BCUT2D eigenvalue weighted by molar-refractivity contribution is 14.0. The minimum Gasteiger partial charge on any atom is -0.492 e. The van der Waals surface area contributed by atoms with E-state index in [1.807, 2.05) is 19.2 Å². The third-order valence-corrected chi connectivity index (χ3v) is 6.24. The standard InChI is InChI=1S/C25H42N4O3.HI/c1-25(2,3)23-21(9-7-14-32-23)19-28-24(26-4)27-18-20-8-5-6-10-22(20)31-17-13-29-11-15-30-16-12-29;/h5-6,8,10,21,23H,7,9,11-19H2,1-4H3,(H2,26,27,28);1H. The lowest BCUT2D eigenvalue weighted by atomic mass is 9.78. The van der Waals surface area contributed by atoms with Crippen LogP contribution in [0.1, 0.15) is 39.2 Å². The highest BCUT2D eigenvalue weighted by Gasteiger charge is 2.35. The van der Waals surface area contributed by atoms with Gasteiger partial charge in [-0.3, -0.25) is 9.89 Å². The Bertz CT molecular complexity index is 720. The van der Waals surface area contributed by atoms with Crippen molar-refractivity contribution in [3.8, 4) is 5.75 Å². The van der Waals surface area contributed by atoms with Crippen LogP contribution >= 0.6 is 24.0 Å². The molecule has 2 unspecified atom stereocenters. The van der Waals surface area contributed by atoms with Crippen LogP contribution in [0, 0.1) is 11.3 Å². The molecule has 2 saturated heterocycles. The van der Waals surface area contributed by atoms with Crippen molar-refractivity contribution in [2.45, 2.75) is 46.3 Å². The molecule has 1 aromatic carbocycles. The molecule has 2 fully saturated rings. The summed E-state index contributed by atoms with van der Waals surface area (Å²) in [6, 6.07) is 8.22. The molecule has 33 heavy (non-hydrogen) atoms. The predicted molar refractivity (Wildman–Crippen MR) is 145 cm³/mol. The van der Waals surface area contributed by atoms with Gasteiger partial charge in [0.2, 0.25) is 0 Å². The van der Waals surface area contributed by atoms with Gasteiger partial charge in [-0.05, 0) is 24.3 Å². The molecular formula is C25H43IN4O3. The maximum atomic E-state index is 6.12. The predicted octanol–water partition coefficient (Wildman–Crippen LogP) is 3.52. The summed E-state index contributed by atoms with van der Waals surface area (Å²) >= 11 is 0. The summed E-state index contributed by atoms with van der Waals surface area (Å²) in [5, 5.41) is 6.97. The maximum absolute atomic E-state index is 6.12. The van der Waals surface area contributed by atoms with Crippen molar-refractivity contribution in [2.75, 3.05) is 59.7 Å². The Labute approximate surface area is 217 Å². The molecular weight excluding hydrogens is 531 g/mol. The van der Waals surface area contributed by atoms with Crippen molar-refractivity contribution in [3.05, 3.63) is 29.8 Å². The van der Waals surface area contributed by atoms with Crippen LogP contribution in [0.3, 0.4) is 0 Å². The van der Waals surface area contributed by atoms with Crippen molar-refractivity contribution in [1.29, 1.82) is 0 Å². The SMILES string of the molecule is CN=C(NCc1ccccc1OCCN1CCOCC1)NCC1CCCOC1C(C)(C)C.I. The second-order valence-corrected chi connectivity index (χ2v) is 9.78. The lowest BCUT2D eigenvalue weighted by molar-refractivity contribution is -0.0835. The molecule has 1 aromatic rings. The van der Waals surface area contributed by atoms with Crippen LogP contribution in [0.15, 0.2) is 29.3 Å². The number of aliphatic imine (C=N–C) groups is 1. The minimum absolute atomic E-state index is 0. The number of guanidine groups is 1. The summed E-state index contributed by atoms with van der Waals surface area (Å²) in [5.74, 6) is 2.22. The molecule has 2 N–H and O–H groups in total. The van der Waals surface area contributed by atoms with Crippen LogP contribution in [-0.2, 0) is 16.0 Å². The van der Waals surface area contributed by atoms with Gasteiger partial charge in [0, 0.05) is 57.9 Å². The molecule has 0 bridgehead atoms. The molecule has 0 aromatic heterocycles. The molecule has 8 heteroatoms. The van der Waals surface area contributed by atoms with Crippen molar-refractivity contribution < 1.29 is 14.2 Å². The van der Waals surface area contributed by atoms with Gasteiger partial charge in [-0.1, -0.05) is 39.0 Å². The zero-order valence-corrected chi connectivity index (χ0v) is 23.1. The first-order valence-corrected chi connectivity index (χ1v) is 12.0. The highest BCUT2D eigenvalue weighted by Crippen LogP contribution is 2.33. The summed E-state index contributed by atoms with van der Waals surface area (Å²) in [5.41, 5.74) is 1.27. The summed E-state index contributed by atoms with van der Waals surface area (Å²) in [4.78, 5) is 6.81. The average molecular weight is 575 g/mol. The summed E-state index contributed by atoms with van der Waals surface area (Å²) < 4.78 is 17.6. The molecule has 0 radical (unpaired) electrons. The second-order valence-electron chi connectivity index (χ2n) is 9.78. The van der Waals surface area contributed by atoms with Gasteiger partial charge >= 0.3 is 0 Å². The number of nitrogens with zero attached hydrogens (tertiary/aromatic N) is 2. The number of ether oxygens (including phenoxy) is 3. The Morgan fingerprint density at radius 1 is 1.15 bits per heavy atom. The summed E-state index contributed by atoms with van der Waals surface area (Å²) in [6.07, 6.45) is 2.58. The minimum atomic E-state index is 0. The van der Waals surface area contributed by atoms with Crippen LogP contribution in [0.5, 0.6) is 5.75 Å². The third kappa shape index (κ3) is 9.22. The first-order chi connectivity index (χ1) is 15.5. The smallest absolute Gasteiger partial charge is 0.191 e. The van der Waals surface area contributed by atoms with Gasteiger partial charge in [0.25, 0.3) is 0 Å². The lowest BCUT2D eigenvalue weighted by Crippen LogP contribution is -2.47. The van der Waals surface area contributed by atoms with E-state index in [-0.39, 0.29) is 35.5 Å². The number of morpholine rings is 1. The number of nitrogens with one attached hydrogen (secondary N) is 2. The van der Waals surface area contributed by atoms with Gasteiger partial charge in [0.1, 0.15) is 12.4 Å². The second kappa shape index (κ2) is 14.3. The van der Waals surface area contributed by atoms with E-state index < -0.39 is 0 Å². The van der Waals surface area contributed by atoms with Gasteiger partial charge in [0.15, 0.2) is 5.96 Å². The molecule has 0 spiro atoms. The number of para-hydroxylation sites is 1. The number of hydrogen-bond acceptors (Lipinski definition) is 5. The number of halogens is 1. The van der Waals surface area contributed by atoms with E-state index >= 15 is 0 Å². The quantitative estimate of drug-likeness (QED) is 0.282. The van der Waals surface area contributed by atoms with Crippen molar-refractivity contribution >= 4 is 29.9 Å². The maximum Gasteiger partial charge on any atom is 0.191 e. The Morgan fingerprint density at radius 3 is 2.64 bits per heavy atom. The molecule has 0 aliphatic carbocycles. The zero-order valence-electron chi connectivity index (χ0n) is 20.8. The average Bonchev–Trinajstić information content (AvgIpc) is 2.80. The molecule has 7 nitrogen and oxygen atoms in total. The largest absolute Gasteiger partial charge is 0.492 e. The van der Waals surface area contributed by atoms with Crippen molar-refractivity contribution in [1.82, 2.24) is 15.5 Å². The molecule has 3 rings (SSSR count). The Hall–Kier alpha value is -1.10. The summed E-state index contributed by atoms with van der Waals surface area (Å²) in [7, 11) is 1.82. The van der Waals surface area contributed by atoms with E-state index in [2.05, 4.69) is 53.4 Å². The van der Waals surface area contributed by atoms with E-state index in [0.29, 0.717) is 19.1 Å². The fourth-order valence-electron chi connectivity index (χ4n) is 4.54. The van der Waals surface area contributed by atoms with Crippen molar-refractivity contribution in [3.63, 3.8) is 0 Å². The van der Waals surface area contributed by atoms with E-state index in [1.54, 1.807) is 0 Å². The summed E-state index contributed by atoms with van der Waals surface area (Å²) in [6.45, 7) is 14.4. The molecule has 188 valence electrons. The van der Waals surface area contributed by atoms with Gasteiger partial charge < -0.3 is 24.8 Å².